The molecule has 0 aliphatic heterocycles. The standard InChI is InChI=1S/C9H3BrF6O2/c10-5-3-4(7(17)8(11,12)13)1-2-6(5)18-9(14,15)16/h1-3H. The van der Waals surface area contributed by atoms with Crippen LogP contribution in [-0.2, 0) is 0 Å². The van der Waals surface area contributed by atoms with Crippen molar-refractivity contribution in [3.8, 4) is 5.75 Å². The summed E-state index contributed by atoms with van der Waals surface area (Å²) >= 11 is 2.59. The third kappa shape index (κ3) is 3.90. The minimum absolute atomic E-state index is 0.407. The number of rotatable bonds is 2. The van der Waals surface area contributed by atoms with Gasteiger partial charge >= 0.3 is 12.5 Å². The zero-order valence-corrected chi connectivity index (χ0v) is 9.78. The predicted octanol–water partition coefficient (Wildman–Crippen LogP) is 4.09. The minimum atomic E-state index is -5.09. The summed E-state index contributed by atoms with van der Waals surface area (Å²) in [7, 11) is 0. The van der Waals surface area contributed by atoms with Crippen LogP contribution in [-0.4, -0.2) is 18.3 Å². The smallest absolute Gasteiger partial charge is 0.405 e. The molecule has 0 saturated heterocycles. The van der Waals surface area contributed by atoms with E-state index in [1.165, 1.54) is 0 Å². The van der Waals surface area contributed by atoms with Crippen molar-refractivity contribution in [1.82, 2.24) is 0 Å². The van der Waals surface area contributed by atoms with E-state index in [9.17, 15) is 31.1 Å². The zero-order valence-electron chi connectivity index (χ0n) is 8.19. The maximum atomic E-state index is 12.1. The molecule has 9 heteroatoms. The summed E-state index contributed by atoms with van der Waals surface area (Å²) in [5.74, 6) is -2.89. The molecule has 0 aliphatic rings. The number of hydrogen-bond donors (Lipinski definition) is 0. The Balaban J connectivity index is 3.04. The van der Waals surface area contributed by atoms with Crippen molar-refractivity contribution in [3.63, 3.8) is 0 Å². The molecule has 0 aromatic heterocycles. The monoisotopic (exact) mass is 336 g/mol. The van der Waals surface area contributed by atoms with Crippen molar-refractivity contribution in [2.24, 2.45) is 0 Å². The summed E-state index contributed by atoms with van der Waals surface area (Å²) in [6, 6.07) is 1.83. The number of carbonyl (C=O) groups is 1. The topological polar surface area (TPSA) is 26.3 Å². The van der Waals surface area contributed by atoms with Crippen LogP contribution in [0, 0.1) is 0 Å². The molecule has 0 saturated carbocycles. The lowest BCUT2D eigenvalue weighted by Gasteiger charge is -2.11. The van der Waals surface area contributed by atoms with Crippen LogP contribution in [0.2, 0.25) is 0 Å². The quantitative estimate of drug-likeness (QED) is 0.600. The number of Topliss-reactive ketones (excluding diaryl/α,β-unsaturated/α-hetero) is 1. The van der Waals surface area contributed by atoms with Crippen LogP contribution >= 0.6 is 15.9 Å². The minimum Gasteiger partial charge on any atom is -0.405 e. The van der Waals surface area contributed by atoms with Gasteiger partial charge in [0.25, 0.3) is 5.78 Å². The van der Waals surface area contributed by atoms with E-state index in [0.717, 1.165) is 0 Å². The third-order valence-corrected chi connectivity index (χ3v) is 2.30. The van der Waals surface area contributed by atoms with E-state index >= 15 is 0 Å². The van der Waals surface area contributed by atoms with Crippen LogP contribution < -0.4 is 4.74 Å². The van der Waals surface area contributed by atoms with E-state index in [2.05, 4.69) is 20.7 Å². The Bertz CT molecular complexity index is 465. The number of benzene rings is 1. The van der Waals surface area contributed by atoms with Gasteiger partial charge in [-0.05, 0) is 34.1 Å². The third-order valence-electron chi connectivity index (χ3n) is 1.68. The van der Waals surface area contributed by atoms with Gasteiger partial charge < -0.3 is 4.74 Å². The summed E-state index contributed by atoms with van der Waals surface area (Å²) in [6.07, 6.45) is -10.1. The summed E-state index contributed by atoms with van der Waals surface area (Å²) in [6.45, 7) is 0. The summed E-state index contributed by atoms with van der Waals surface area (Å²) in [4.78, 5) is 10.8. The molecule has 0 N–H and O–H groups in total. The highest BCUT2D eigenvalue weighted by Gasteiger charge is 2.39. The molecule has 0 spiro atoms. The van der Waals surface area contributed by atoms with Gasteiger partial charge in [0.2, 0.25) is 0 Å². The SMILES string of the molecule is O=C(c1ccc(OC(F)(F)F)c(Br)c1)C(F)(F)F. The molecule has 0 fully saturated rings. The van der Waals surface area contributed by atoms with Gasteiger partial charge in [0.05, 0.1) is 4.47 Å². The predicted molar refractivity (Wildman–Crippen MR) is 51.2 cm³/mol. The first-order chi connectivity index (χ1) is 8.00. The highest BCUT2D eigenvalue weighted by atomic mass is 79.9. The summed E-state index contributed by atoms with van der Waals surface area (Å²) in [5, 5.41) is 0. The average molecular weight is 337 g/mol. The first-order valence-electron chi connectivity index (χ1n) is 4.17. The molecule has 0 bridgehead atoms. The van der Waals surface area contributed by atoms with Crippen molar-refractivity contribution in [2.75, 3.05) is 0 Å². The van der Waals surface area contributed by atoms with Crippen LogP contribution in [0.5, 0.6) is 5.75 Å². The molecule has 0 heterocycles. The van der Waals surface area contributed by atoms with Gasteiger partial charge in [-0.15, -0.1) is 13.2 Å². The lowest BCUT2D eigenvalue weighted by atomic mass is 10.1. The highest BCUT2D eigenvalue weighted by molar-refractivity contribution is 9.10. The number of hydrogen-bond acceptors (Lipinski definition) is 2. The molecule has 0 radical (unpaired) electrons. The van der Waals surface area contributed by atoms with E-state index in [4.69, 9.17) is 0 Å². The van der Waals surface area contributed by atoms with Gasteiger partial charge in [-0.1, -0.05) is 0 Å². The number of carbonyl (C=O) groups excluding carboxylic acids is 1. The molecule has 0 unspecified atom stereocenters. The normalized spacial score (nSPS) is 12.4. The Kier molecular flexibility index (Phi) is 3.94. The lowest BCUT2D eigenvalue weighted by Crippen LogP contribution is -2.23. The van der Waals surface area contributed by atoms with Gasteiger partial charge in [-0.2, -0.15) is 13.2 Å². The van der Waals surface area contributed by atoms with Crippen molar-refractivity contribution in [2.45, 2.75) is 12.5 Å². The van der Waals surface area contributed by atoms with Gasteiger partial charge in [0.1, 0.15) is 5.75 Å². The molecule has 0 amide bonds. The van der Waals surface area contributed by atoms with E-state index in [-0.39, 0.29) is 0 Å². The van der Waals surface area contributed by atoms with E-state index in [0.29, 0.717) is 18.2 Å². The number of ketones is 1. The Labute approximate surface area is 105 Å². The average Bonchev–Trinajstić information content (AvgIpc) is 2.16. The second kappa shape index (κ2) is 4.79. The van der Waals surface area contributed by atoms with Gasteiger partial charge in [-0.25, -0.2) is 0 Å². The fraction of sp³-hybridized carbons (Fsp3) is 0.222. The van der Waals surface area contributed by atoms with Crippen molar-refractivity contribution < 1.29 is 35.9 Å². The molecule has 0 atom stereocenters. The molecular formula is C9H3BrF6O2. The molecule has 0 aliphatic carbocycles. The largest absolute Gasteiger partial charge is 0.573 e. The first kappa shape index (κ1) is 14.8. The lowest BCUT2D eigenvalue weighted by molar-refractivity contribution is -0.274. The zero-order chi connectivity index (χ0) is 14.1. The maximum absolute atomic E-state index is 12.1. The Morgan fingerprint density at radius 2 is 1.67 bits per heavy atom. The fourth-order valence-corrected chi connectivity index (χ4v) is 1.47. The molecule has 2 nitrogen and oxygen atoms in total. The molecule has 1 aromatic carbocycles. The number of alkyl halides is 6. The molecule has 1 rings (SSSR count). The first-order valence-corrected chi connectivity index (χ1v) is 4.97. The van der Waals surface area contributed by atoms with Crippen LogP contribution in [0.3, 0.4) is 0 Å². The maximum Gasteiger partial charge on any atom is 0.573 e. The van der Waals surface area contributed by atoms with Crippen molar-refractivity contribution in [3.05, 3.63) is 28.2 Å². The van der Waals surface area contributed by atoms with Crippen LogP contribution in [0.25, 0.3) is 0 Å². The molecule has 100 valence electrons. The van der Waals surface area contributed by atoms with Crippen molar-refractivity contribution in [1.29, 1.82) is 0 Å². The number of ether oxygens (including phenoxy) is 1. The van der Waals surface area contributed by atoms with Crippen LogP contribution in [0.4, 0.5) is 26.3 Å². The molecular weight excluding hydrogens is 334 g/mol. The Morgan fingerprint density at radius 3 is 2.06 bits per heavy atom. The Hall–Kier alpha value is -1.25. The summed E-state index contributed by atoms with van der Waals surface area (Å²) in [5.41, 5.74) is -0.788. The van der Waals surface area contributed by atoms with Crippen molar-refractivity contribution >= 4 is 21.7 Å². The van der Waals surface area contributed by atoms with Crippen LogP contribution in [0.15, 0.2) is 22.7 Å². The fourth-order valence-electron chi connectivity index (χ4n) is 1.01. The number of halogens is 7. The molecule has 18 heavy (non-hydrogen) atoms. The Morgan fingerprint density at radius 1 is 1.11 bits per heavy atom. The van der Waals surface area contributed by atoms with E-state index < -0.39 is 34.1 Å². The van der Waals surface area contributed by atoms with E-state index in [1.54, 1.807) is 0 Å². The second-order valence-electron chi connectivity index (χ2n) is 3.02. The second-order valence-corrected chi connectivity index (χ2v) is 3.87. The summed E-state index contributed by atoms with van der Waals surface area (Å²) < 4.78 is 74.9. The van der Waals surface area contributed by atoms with Crippen LogP contribution in [0.1, 0.15) is 10.4 Å². The van der Waals surface area contributed by atoms with Gasteiger partial charge in [0.15, 0.2) is 0 Å². The van der Waals surface area contributed by atoms with E-state index in [1.807, 2.05) is 0 Å². The van der Waals surface area contributed by atoms with Gasteiger partial charge in [0, 0.05) is 5.56 Å². The van der Waals surface area contributed by atoms with Gasteiger partial charge in [-0.3, -0.25) is 4.79 Å². The molecule has 1 aromatic rings. The highest BCUT2D eigenvalue weighted by Crippen LogP contribution is 2.32.